The van der Waals surface area contributed by atoms with E-state index in [-0.39, 0.29) is 30.5 Å². The number of carbonyl (C=O) groups excluding carboxylic acids is 4. The summed E-state index contributed by atoms with van der Waals surface area (Å²) in [5.41, 5.74) is 3.44. The zero-order chi connectivity index (χ0) is 30.0. The van der Waals surface area contributed by atoms with Gasteiger partial charge >= 0.3 is 0 Å². The van der Waals surface area contributed by atoms with E-state index >= 15 is 0 Å². The van der Waals surface area contributed by atoms with Crippen LogP contribution in [-0.4, -0.2) is 41.5 Å². The van der Waals surface area contributed by atoms with Gasteiger partial charge in [-0.25, -0.2) is 0 Å². The highest BCUT2D eigenvalue weighted by atomic mass is 16.5. The van der Waals surface area contributed by atoms with Gasteiger partial charge in [0.25, 0.3) is 11.8 Å². The molecule has 0 saturated heterocycles. The second-order valence-corrected chi connectivity index (χ2v) is 10.2. The van der Waals surface area contributed by atoms with Gasteiger partial charge < -0.3 is 19.6 Å². The van der Waals surface area contributed by atoms with E-state index in [4.69, 9.17) is 9.47 Å². The van der Waals surface area contributed by atoms with Crippen molar-refractivity contribution in [1.29, 1.82) is 0 Å². The zero-order valence-corrected chi connectivity index (χ0v) is 23.6. The monoisotopic (exact) mass is 576 g/mol. The number of fused-ring (bicyclic) bond motifs is 1. The second-order valence-electron chi connectivity index (χ2n) is 10.2. The standard InChI is InChI=1S/C35H32N2O6/c38-19-9-16-32(37-34(40)30-14-7-8-15-31(30)35(37)41)33(39)36-18-17-27-20-28(42-23-25-10-3-1-4-11-25)22-29(21-27)43-24-26-12-5-2-6-13-26/h1-8,10-15,19-22,32H,9,16-18,23-24H2,(H,36,39)/t32-/m0/s1. The Morgan fingerprint density at radius 2 is 1.23 bits per heavy atom. The van der Waals surface area contributed by atoms with E-state index in [9.17, 15) is 19.2 Å². The summed E-state index contributed by atoms with van der Waals surface area (Å²) in [6, 6.07) is 30.7. The van der Waals surface area contributed by atoms with Gasteiger partial charge in [0.2, 0.25) is 5.91 Å². The maximum Gasteiger partial charge on any atom is 0.262 e. The fraction of sp³-hybridized carbons (Fsp3) is 0.200. The van der Waals surface area contributed by atoms with Crippen molar-refractivity contribution in [3.8, 4) is 11.5 Å². The first-order valence-electron chi connectivity index (χ1n) is 14.2. The lowest BCUT2D eigenvalue weighted by Gasteiger charge is -2.25. The Balaban J connectivity index is 1.27. The van der Waals surface area contributed by atoms with Crippen molar-refractivity contribution in [1.82, 2.24) is 10.2 Å². The topological polar surface area (TPSA) is 102 Å². The number of carbonyl (C=O) groups is 4. The molecule has 1 N–H and O–H groups in total. The van der Waals surface area contributed by atoms with Crippen molar-refractivity contribution in [3.05, 3.63) is 131 Å². The Morgan fingerprint density at radius 1 is 0.721 bits per heavy atom. The van der Waals surface area contributed by atoms with Crippen LogP contribution in [0.3, 0.4) is 0 Å². The number of nitrogens with one attached hydrogen (secondary N) is 1. The van der Waals surface area contributed by atoms with Crippen LogP contribution in [0.2, 0.25) is 0 Å². The first-order valence-corrected chi connectivity index (χ1v) is 14.2. The molecule has 0 spiro atoms. The van der Waals surface area contributed by atoms with Crippen molar-refractivity contribution in [2.45, 2.75) is 38.5 Å². The summed E-state index contributed by atoms with van der Waals surface area (Å²) in [6.45, 7) is 1.01. The van der Waals surface area contributed by atoms with E-state index in [2.05, 4.69) is 5.32 Å². The van der Waals surface area contributed by atoms with Crippen LogP contribution in [0, 0.1) is 0 Å². The van der Waals surface area contributed by atoms with Gasteiger partial charge in [0, 0.05) is 19.0 Å². The molecule has 1 aliphatic heterocycles. The molecule has 0 radical (unpaired) electrons. The van der Waals surface area contributed by atoms with E-state index in [0.717, 1.165) is 21.6 Å². The lowest BCUT2D eigenvalue weighted by molar-refractivity contribution is -0.125. The molecule has 1 aliphatic rings. The molecule has 4 aromatic rings. The third-order valence-corrected chi connectivity index (χ3v) is 7.15. The number of hydrogen-bond donors (Lipinski definition) is 1. The number of ether oxygens (including phenoxy) is 2. The van der Waals surface area contributed by atoms with E-state index < -0.39 is 23.8 Å². The van der Waals surface area contributed by atoms with Crippen LogP contribution in [0.5, 0.6) is 11.5 Å². The van der Waals surface area contributed by atoms with Gasteiger partial charge in [-0.3, -0.25) is 19.3 Å². The van der Waals surface area contributed by atoms with Crippen molar-refractivity contribution in [2.75, 3.05) is 6.54 Å². The Labute approximate surface area is 250 Å². The molecule has 1 atom stereocenters. The molecule has 0 aliphatic carbocycles. The summed E-state index contributed by atoms with van der Waals surface area (Å²) in [4.78, 5) is 51.4. The van der Waals surface area contributed by atoms with Crippen molar-refractivity contribution >= 4 is 24.0 Å². The van der Waals surface area contributed by atoms with Crippen molar-refractivity contribution in [2.24, 2.45) is 0 Å². The Kier molecular flexibility index (Phi) is 9.59. The summed E-state index contributed by atoms with van der Waals surface area (Å²) in [6.07, 6.45) is 1.20. The third kappa shape index (κ3) is 7.35. The lowest BCUT2D eigenvalue weighted by atomic mass is 10.1. The third-order valence-electron chi connectivity index (χ3n) is 7.15. The molecule has 43 heavy (non-hydrogen) atoms. The van der Waals surface area contributed by atoms with Crippen LogP contribution in [0.1, 0.15) is 50.2 Å². The van der Waals surface area contributed by atoms with Gasteiger partial charge in [-0.05, 0) is 53.8 Å². The Morgan fingerprint density at radius 3 is 1.74 bits per heavy atom. The summed E-state index contributed by atoms with van der Waals surface area (Å²) in [5, 5.41) is 2.86. The van der Waals surface area contributed by atoms with Gasteiger partial charge in [-0.2, -0.15) is 0 Å². The highest BCUT2D eigenvalue weighted by molar-refractivity contribution is 6.22. The number of amides is 3. The number of nitrogens with zero attached hydrogens (tertiary/aromatic N) is 1. The molecular formula is C35H32N2O6. The number of aldehydes is 1. The summed E-state index contributed by atoms with van der Waals surface area (Å²) < 4.78 is 12.2. The van der Waals surface area contributed by atoms with Gasteiger partial charge in [0.1, 0.15) is 37.0 Å². The predicted molar refractivity (Wildman–Crippen MR) is 161 cm³/mol. The molecule has 5 rings (SSSR count). The number of benzene rings is 4. The van der Waals surface area contributed by atoms with Gasteiger partial charge in [0.05, 0.1) is 11.1 Å². The van der Waals surface area contributed by atoms with Crippen LogP contribution in [-0.2, 0) is 29.2 Å². The maximum atomic E-state index is 13.3. The molecule has 8 nitrogen and oxygen atoms in total. The number of imide groups is 1. The fourth-order valence-electron chi connectivity index (χ4n) is 4.97. The first-order chi connectivity index (χ1) is 21.0. The van der Waals surface area contributed by atoms with E-state index in [1.807, 2.05) is 78.9 Å². The molecule has 218 valence electrons. The Bertz CT molecular complexity index is 1490. The minimum atomic E-state index is -1.09. The minimum Gasteiger partial charge on any atom is -0.489 e. The van der Waals surface area contributed by atoms with Gasteiger partial charge in [-0.1, -0.05) is 72.8 Å². The number of rotatable bonds is 14. The zero-order valence-electron chi connectivity index (χ0n) is 23.6. The average Bonchev–Trinajstić information content (AvgIpc) is 3.29. The van der Waals surface area contributed by atoms with E-state index in [1.54, 1.807) is 24.3 Å². The molecule has 4 aromatic carbocycles. The van der Waals surface area contributed by atoms with Crippen LogP contribution >= 0.6 is 0 Å². The number of hydrogen-bond acceptors (Lipinski definition) is 6. The lowest BCUT2D eigenvalue weighted by Crippen LogP contribution is -2.50. The van der Waals surface area contributed by atoms with E-state index in [0.29, 0.717) is 37.4 Å². The predicted octanol–water partition coefficient (Wildman–Crippen LogP) is 5.15. The van der Waals surface area contributed by atoms with Gasteiger partial charge in [0.15, 0.2) is 0 Å². The maximum absolute atomic E-state index is 13.3. The van der Waals surface area contributed by atoms with Crippen LogP contribution in [0.25, 0.3) is 0 Å². The highest BCUT2D eigenvalue weighted by Crippen LogP contribution is 2.27. The molecule has 0 fully saturated rings. The normalized spacial score (nSPS) is 12.9. The smallest absolute Gasteiger partial charge is 0.262 e. The van der Waals surface area contributed by atoms with Crippen LogP contribution < -0.4 is 14.8 Å². The first kappa shape index (κ1) is 29.3. The van der Waals surface area contributed by atoms with E-state index in [1.165, 1.54) is 0 Å². The van der Waals surface area contributed by atoms with Crippen molar-refractivity contribution < 1.29 is 28.7 Å². The molecule has 1 heterocycles. The molecule has 3 amide bonds. The molecule has 0 bridgehead atoms. The second kappa shape index (κ2) is 14.1. The van der Waals surface area contributed by atoms with Crippen LogP contribution in [0.15, 0.2) is 103 Å². The fourth-order valence-corrected chi connectivity index (χ4v) is 4.97. The van der Waals surface area contributed by atoms with Crippen molar-refractivity contribution in [3.63, 3.8) is 0 Å². The molecule has 0 unspecified atom stereocenters. The van der Waals surface area contributed by atoms with Crippen LogP contribution in [0.4, 0.5) is 0 Å². The molecule has 0 aromatic heterocycles. The minimum absolute atomic E-state index is 0.0361. The Hall–Kier alpha value is -5.24. The van der Waals surface area contributed by atoms with Gasteiger partial charge in [-0.15, -0.1) is 0 Å². The summed E-state index contributed by atoms with van der Waals surface area (Å²) in [5.74, 6) is -0.296. The molecule has 0 saturated carbocycles. The average molecular weight is 577 g/mol. The highest BCUT2D eigenvalue weighted by Gasteiger charge is 2.42. The largest absolute Gasteiger partial charge is 0.489 e. The summed E-state index contributed by atoms with van der Waals surface area (Å²) >= 11 is 0. The SMILES string of the molecule is O=CCC[C@@H](C(=O)NCCc1cc(OCc2ccccc2)cc(OCc2ccccc2)c1)N1C(=O)c2ccccc2C1=O. The molecule has 8 heteroatoms. The quantitative estimate of drug-likeness (QED) is 0.165. The molecular weight excluding hydrogens is 544 g/mol. The summed E-state index contributed by atoms with van der Waals surface area (Å²) in [7, 11) is 0.